The lowest BCUT2D eigenvalue weighted by atomic mass is 9.43. The van der Waals surface area contributed by atoms with Crippen molar-refractivity contribution < 1.29 is 9.47 Å². The highest BCUT2D eigenvalue weighted by Crippen LogP contribution is 2.69. The second-order valence-electron chi connectivity index (χ2n) is 14.8. The first-order chi connectivity index (χ1) is 17.0. The van der Waals surface area contributed by atoms with Gasteiger partial charge in [0, 0.05) is 12.4 Å². The van der Waals surface area contributed by atoms with E-state index in [1.165, 1.54) is 56.3 Å². The van der Waals surface area contributed by atoms with Crippen LogP contribution >= 0.6 is 0 Å². The molecule has 36 heavy (non-hydrogen) atoms. The molecule has 0 radical (unpaired) electrons. The molecule has 200 valence electrons. The molecule has 3 saturated carbocycles. The summed E-state index contributed by atoms with van der Waals surface area (Å²) in [4.78, 5) is 9.59. The smallest absolute Gasteiger partial charge is 0.163 e. The van der Waals surface area contributed by atoms with Crippen LogP contribution in [0.15, 0.2) is 12.4 Å². The Morgan fingerprint density at radius 1 is 0.833 bits per heavy atom. The van der Waals surface area contributed by atoms with Crippen molar-refractivity contribution >= 4 is 0 Å². The second kappa shape index (κ2) is 8.76. The minimum absolute atomic E-state index is 0.172. The van der Waals surface area contributed by atoms with E-state index in [0.717, 1.165) is 36.5 Å². The van der Waals surface area contributed by atoms with Crippen LogP contribution < -0.4 is 0 Å². The van der Waals surface area contributed by atoms with E-state index in [4.69, 9.17) is 19.4 Å². The van der Waals surface area contributed by atoms with E-state index >= 15 is 0 Å². The fourth-order valence-corrected chi connectivity index (χ4v) is 10.4. The highest BCUT2D eigenvalue weighted by atomic mass is 16.8. The summed E-state index contributed by atoms with van der Waals surface area (Å²) in [6, 6.07) is 0. The van der Waals surface area contributed by atoms with Gasteiger partial charge in [0.2, 0.25) is 0 Å². The maximum atomic E-state index is 6.89. The molecule has 10 atom stereocenters. The van der Waals surface area contributed by atoms with Crippen LogP contribution in [-0.4, -0.2) is 28.0 Å². The molecule has 4 fully saturated rings. The predicted molar refractivity (Wildman–Crippen MR) is 143 cm³/mol. The summed E-state index contributed by atoms with van der Waals surface area (Å²) >= 11 is 0. The molecule has 4 aliphatic carbocycles. The lowest BCUT2D eigenvalue weighted by molar-refractivity contribution is -0.174. The van der Waals surface area contributed by atoms with Crippen molar-refractivity contribution in [2.45, 2.75) is 124 Å². The first kappa shape index (κ1) is 25.3. The molecule has 0 aromatic carbocycles. The van der Waals surface area contributed by atoms with E-state index in [2.05, 4.69) is 48.5 Å². The van der Waals surface area contributed by atoms with Gasteiger partial charge in [0.05, 0.1) is 23.6 Å². The van der Waals surface area contributed by atoms with E-state index in [1.54, 1.807) is 0 Å². The van der Waals surface area contributed by atoms with Crippen molar-refractivity contribution in [3.05, 3.63) is 23.8 Å². The number of nitrogens with zero attached hydrogens (tertiary/aromatic N) is 2. The largest absolute Gasteiger partial charge is 0.344 e. The van der Waals surface area contributed by atoms with Crippen molar-refractivity contribution in [2.75, 3.05) is 0 Å². The third-order valence-corrected chi connectivity index (χ3v) is 12.0. The van der Waals surface area contributed by atoms with Gasteiger partial charge in [-0.25, -0.2) is 0 Å². The van der Waals surface area contributed by atoms with E-state index < -0.39 is 5.79 Å². The van der Waals surface area contributed by atoms with Gasteiger partial charge in [-0.3, -0.25) is 9.97 Å². The van der Waals surface area contributed by atoms with Gasteiger partial charge in [-0.2, -0.15) is 0 Å². The van der Waals surface area contributed by atoms with Gasteiger partial charge in [0.1, 0.15) is 0 Å². The average molecular weight is 495 g/mol. The van der Waals surface area contributed by atoms with Crippen molar-refractivity contribution in [1.29, 1.82) is 0 Å². The Morgan fingerprint density at radius 2 is 1.53 bits per heavy atom. The van der Waals surface area contributed by atoms with E-state index in [0.29, 0.717) is 23.2 Å². The molecule has 1 saturated heterocycles. The summed E-state index contributed by atoms with van der Waals surface area (Å²) in [7, 11) is 0. The molecule has 0 spiro atoms. The van der Waals surface area contributed by atoms with Gasteiger partial charge >= 0.3 is 0 Å². The van der Waals surface area contributed by atoms with Crippen LogP contribution in [0.1, 0.15) is 105 Å². The molecular weight excluding hydrogens is 444 g/mol. The molecule has 4 nitrogen and oxygen atoms in total. The Hall–Kier alpha value is -1.00. The van der Waals surface area contributed by atoms with E-state index in [-0.39, 0.29) is 17.6 Å². The quantitative estimate of drug-likeness (QED) is 0.432. The van der Waals surface area contributed by atoms with Crippen LogP contribution in [-0.2, 0) is 22.3 Å². The van der Waals surface area contributed by atoms with Crippen molar-refractivity contribution in [3.63, 3.8) is 0 Å². The molecule has 1 aromatic heterocycles. The van der Waals surface area contributed by atoms with Gasteiger partial charge in [0.15, 0.2) is 5.79 Å². The van der Waals surface area contributed by atoms with Gasteiger partial charge in [-0.1, -0.05) is 53.9 Å². The number of aromatic nitrogens is 2. The number of fused-ring (bicyclic) bond motifs is 9. The molecule has 1 aromatic rings. The molecule has 6 rings (SSSR count). The normalized spacial score (nSPS) is 45.4. The highest BCUT2D eigenvalue weighted by Gasteiger charge is 2.68. The van der Waals surface area contributed by atoms with Gasteiger partial charge < -0.3 is 9.47 Å². The standard InChI is InChI=1S/C32H50N2O2/c1-19(2)9-8-10-20(3)21-11-12-22-27-23(13-14-31(21,22)6)32(7)18-26-25(33-15-16-34-26)17-24(32)28-29(27)36-30(4,5)35-28/h15-16,19-24,27-29H,8-14,17-18H2,1-7H3/t20-,21-,22+,23+,24-,27+,28-,29-,31-,32-/m1/s1. The summed E-state index contributed by atoms with van der Waals surface area (Å²) in [5, 5.41) is 0. The van der Waals surface area contributed by atoms with Crippen LogP contribution in [0.5, 0.6) is 0 Å². The lowest BCUT2D eigenvalue weighted by Crippen LogP contribution is -2.63. The van der Waals surface area contributed by atoms with Crippen LogP contribution in [0.25, 0.3) is 0 Å². The van der Waals surface area contributed by atoms with E-state index in [1.807, 2.05) is 12.4 Å². The number of hydrogen-bond acceptors (Lipinski definition) is 4. The molecular formula is C32H50N2O2. The first-order valence-corrected chi connectivity index (χ1v) is 15.2. The Balaban J connectivity index is 1.33. The minimum Gasteiger partial charge on any atom is -0.344 e. The highest BCUT2D eigenvalue weighted by molar-refractivity contribution is 5.25. The number of hydrogen-bond donors (Lipinski definition) is 0. The molecule has 0 unspecified atom stereocenters. The van der Waals surface area contributed by atoms with E-state index in [9.17, 15) is 0 Å². The Labute approximate surface area is 219 Å². The molecule has 4 heteroatoms. The summed E-state index contributed by atoms with van der Waals surface area (Å²) in [6.45, 7) is 16.9. The average Bonchev–Trinajstić information content (AvgIpc) is 3.33. The SMILES string of the molecule is CC(C)CCC[C@@H](C)[C@H]1CC[C@H]2[C@@H]3[C@H]4OC(C)(C)O[C@@H]4[C@H]4Cc5nccnc5C[C@]4(C)[C@H]3CC[C@]12C. The monoisotopic (exact) mass is 494 g/mol. The number of ether oxygens (including phenoxy) is 2. The fraction of sp³-hybridized carbons (Fsp3) is 0.875. The summed E-state index contributed by atoms with van der Waals surface area (Å²) < 4.78 is 13.7. The van der Waals surface area contributed by atoms with Crippen LogP contribution in [0.3, 0.4) is 0 Å². The predicted octanol–water partition coefficient (Wildman–Crippen LogP) is 7.25. The maximum Gasteiger partial charge on any atom is 0.163 e. The fourth-order valence-electron chi connectivity index (χ4n) is 10.4. The van der Waals surface area contributed by atoms with Gasteiger partial charge in [-0.15, -0.1) is 0 Å². The molecule has 0 N–H and O–H groups in total. The van der Waals surface area contributed by atoms with Gasteiger partial charge in [0.25, 0.3) is 0 Å². The zero-order valence-corrected chi connectivity index (χ0v) is 23.9. The molecule has 1 aliphatic heterocycles. The third kappa shape index (κ3) is 3.82. The lowest BCUT2D eigenvalue weighted by Gasteiger charge is -2.62. The summed E-state index contributed by atoms with van der Waals surface area (Å²) in [6.07, 6.45) is 15.8. The van der Waals surface area contributed by atoms with Crippen LogP contribution in [0.2, 0.25) is 0 Å². The Kier molecular flexibility index (Phi) is 6.16. The number of rotatable bonds is 5. The zero-order chi connectivity index (χ0) is 25.5. The molecule has 0 bridgehead atoms. The van der Waals surface area contributed by atoms with Crippen molar-refractivity contribution in [3.8, 4) is 0 Å². The topological polar surface area (TPSA) is 44.2 Å². The van der Waals surface area contributed by atoms with Crippen LogP contribution in [0.4, 0.5) is 0 Å². The van der Waals surface area contributed by atoms with Crippen LogP contribution in [0, 0.1) is 52.3 Å². The molecule has 5 aliphatic rings. The Morgan fingerprint density at radius 3 is 2.28 bits per heavy atom. The van der Waals surface area contributed by atoms with Gasteiger partial charge in [-0.05, 0) is 105 Å². The summed E-state index contributed by atoms with van der Waals surface area (Å²) in [5.74, 6) is 4.50. The zero-order valence-electron chi connectivity index (χ0n) is 23.9. The second-order valence-corrected chi connectivity index (χ2v) is 14.8. The maximum absolute atomic E-state index is 6.89. The Bertz CT molecular complexity index is 977. The molecule has 2 heterocycles. The molecule has 0 amide bonds. The first-order valence-electron chi connectivity index (χ1n) is 15.2. The summed E-state index contributed by atoms with van der Waals surface area (Å²) in [5.41, 5.74) is 3.08. The minimum atomic E-state index is -0.496. The van der Waals surface area contributed by atoms with Crippen molar-refractivity contribution in [2.24, 2.45) is 52.3 Å². The third-order valence-electron chi connectivity index (χ3n) is 12.0. The van der Waals surface area contributed by atoms with Crippen molar-refractivity contribution in [1.82, 2.24) is 9.97 Å².